The fourth-order valence-electron chi connectivity index (χ4n) is 1.47. The van der Waals surface area contributed by atoms with Gasteiger partial charge in [0.2, 0.25) is 0 Å². The van der Waals surface area contributed by atoms with Crippen LogP contribution >= 0.6 is 12.2 Å². The molecule has 0 aliphatic carbocycles. The molecule has 0 saturated heterocycles. The molecule has 0 aliphatic rings. The minimum absolute atomic E-state index is 0.245. The van der Waals surface area contributed by atoms with E-state index in [9.17, 15) is 13.2 Å². The van der Waals surface area contributed by atoms with Crippen LogP contribution in [0, 0.1) is 0 Å². The van der Waals surface area contributed by atoms with Gasteiger partial charge in [-0.2, -0.15) is 13.2 Å². The summed E-state index contributed by atoms with van der Waals surface area (Å²) in [6, 6.07) is 1.46. The number of nitrogens with zero attached hydrogens (tertiary/aromatic N) is 4. The second kappa shape index (κ2) is 6.04. The third kappa shape index (κ3) is 3.88. The van der Waals surface area contributed by atoms with Crippen molar-refractivity contribution in [3.8, 4) is 5.82 Å². The smallest absolute Gasteiger partial charge is 0.363 e. The normalized spacial score (nSPS) is 11.2. The van der Waals surface area contributed by atoms with E-state index in [-0.39, 0.29) is 5.82 Å². The highest BCUT2D eigenvalue weighted by atomic mass is 32.1. The highest BCUT2D eigenvalue weighted by Crippen LogP contribution is 2.27. The Morgan fingerprint density at radius 1 is 1.33 bits per heavy atom. The van der Waals surface area contributed by atoms with Crippen LogP contribution in [0.15, 0.2) is 24.9 Å². The molecule has 2 heterocycles. The second-order valence-electron chi connectivity index (χ2n) is 3.91. The predicted molar refractivity (Wildman–Crippen MR) is 74.1 cm³/mol. The predicted octanol–water partition coefficient (Wildman–Crippen LogP) is 1.99. The van der Waals surface area contributed by atoms with Crippen molar-refractivity contribution in [1.82, 2.24) is 24.8 Å². The van der Waals surface area contributed by atoms with E-state index in [0.717, 1.165) is 17.1 Å². The molecule has 6 nitrogen and oxygen atoms in total. The maximum absolute atomic E-state index is 12.5. The number of halogens is 3. The average Bonchev–Trinajstić information content (AvgIpc) is 2.88. The van der Waals surface area contributed by atoms with E-state index < -0.39 is 11.9 Å². The maximum atomic E-state index is 12.5. The number of alkyl halides is 3. The number of hydrogen-bond donors (Lipinski definition) is 2. The average molecular weight is 316 g/mol. The summed E-state index contributed by atoms with van der Waals surface area (Å²) in [6.07, 6.45) is -1.38. The van der Waals surface area contributed by atoms with Gasteiger partial charge in [0.05, 0.1) is 0 Å². The van der Waals surface area contributed by atoms with Crippen molar-refractivity contribution in [3.05, 3.63) is 30.6 Å². The first-order chi connectivity index (χ1) is 9.90. The monoisotopic (exact) mass is 316 g/mol. The van der Waals surface area contributed by atoms with Crippen LogP contribution in [0.25, 0.3) is 5.82 Å². The first kappa shape index (κ1) is 15.2. The lowest BCUT2D eigenvalue weighted by Gasteiger charge is -2.08. The van der Waals surface area contributed by atoms with E-state index in [1.807, 2.05) is 6.92 Å². The molecule has 2 N–H and O–H groups in total. The Kier molecular flexibility index (Phi) is 4.36. The number of rotatable bonds is 3. The third-order valence-electron chi connectivity index (χ3n) is 2.37. The van der Waals surface area contributed by atoms with Crippen molar-refractivity contribution in [3.63, 3.8) is 0 Å². The van der Waals surface area contributed by atoms with Crippen LogP contribution in [0.4, 0.5) is 19.0 Å². The summed E-state index contributed by atoms with van der Waals surface area (Å²) in [4.78, 5) is 11.1. The lowest BCUT2D eigenvalue weighted by Crippen LogP contribution is -2.28. The number of imidazole rings is 1. The minimum atomic E-state index is -4.49. The summed E-state index contributed by atoms with van der Waals surface area (Å²) in [5.41, 5.74) is -0.987. The summed E-state index contributed by atoms with van der Waals surface area (Å²) in [7, 11) is 0. The first-order valence-electron chi connectivity index (χ1n) is 5.88. The zero-order valence-electron chi connectivity index (χ0n) is 10.8. The van der Waals surface area contributed by atoms with Crippen LogP contribution in [0.3, 0.4) is 0 Å². The minimum Gasteiger partial charge on any atom is -0.363 e. The van der Waals surface area contributed by atoms with Gasteiger partial charge in [0.25, 0.3) is 0 Å². The topological polar surface area (TPSA) is 67.7 Å². The fraction of sp³-hybridized carbons (Fsp3) is 0.273. The fourth-order valence-corrected chi connectivity index (χ4v) is 1.72. The number of aromatic nitrogens is 4. The van der Waals surface area contributed by atoms with Crippen molar-refractivity contribution in [2.24, 2.45) is 0 Å². The van der Waals surface area contributed by atoms with Crippen molar-refractivity contribution < 1.29 is 13.2 Å². The molecule has 2 aromatic heterocycles. The number of hydrogen-bond acceptors (Lipinski definition) is 4. The van der Waals surface area contributed by atoms with Gasteiger partial charge in [-0.1, -0.05) is 0 Å². The molecule has 2 rings (SSSR count). The summed E-state index contributed by atoms with van der Waals surface area (Å²) < 4.78 is 38.7. The molecule has 0 amide bonds. The van der Waals surface area contributed by atoms with E-state index >= 15 is 0 Å². The summed E-state index contributed by atoms with van der Waals surface area (Å²) in [5, 5.41) is 6.04. The van der Waals surface area contributed by atoms with Gasteiger partial charge in [-0.15, -0.1) is 0 Å². The maximum Gasteiger partial charge on any atom is 0.434 e. The van der Waals surface area contributed by atoms with Crippen molar-refractivity contribution in [1.29, 1.82) is 0 Å². The van der Waals surface area contributed by atoms with Crippen molar-refractivity contribution >= 4 is 23.1 Å². The van der Waals surface area contributed by atoms with Gasteiger partial charge in [-0.05, 0) is 19.1 Å². The molecule has 0 aromatic carbocycles. The van der Waals surface area contributed by atoms with E-state index in [1.54, 1.807) is 0 Å². The third-order valence-corrected chi connectivity index (χ3v) is 2.62. The molecule has 112 valence electrons. The zero-order valence-corrected chi connectivity index (χ0v) is 11.7. The highest BCUT2D eigenvalue weighted by Gasteiger charge is 2.33. The second-order valence-corrected chi connectivity index (χ2v) is 4.32. The van der Waals surface area contributed by atoms with Gasteiger partial charge in [0.1, 0.15) is 24.3 Å². The summed E-state index contributed by atoms with van der Waals surface area (Å²) >= 11 is 5.00. The molecule has 21 heavy (non-hydrogen) atoms. The number of nitrogens with one attached hydrogen (secondary N) is 2. The van der Waals surface area contributed by atoms with Gasteiger partial charge in [0, 0.05) is 18.8 Å². The Morgan fingerprint density at radius 2 is 2.10 bits per heavy atom. The first-order valence-corrected chi connectivity index (χ1v) is 6.29. The molecule has 0 aliphatic heterocycles. The molecule has 0 radical (unpaired) electrons. The highest BCUT2D eigenvalue weighted by molar-refractivity contribution is 7.80. The Bertz CT molecular complexity index is 639. The SMILES string of the molecule is CCNC(=S)Nc1cc(-n2cnc(C(F)(F)F)c2)ncn1. The van der Waals surface area contributed by atoms with Crippen LogP contribution in [0.5, 0.6) is 0 Å². The van der Waals surface area contributed by atoms with Crippen molar-refractivity contribution in [2.45, 2.75) is 13.1 Å². The molecule has 0 bridgehead atoms. The van der Waals surface area contributed by atoms with Gasteiger partial charge < -0.3 is 10.6 Å². The standard InChI is InChI=1S/C11H11F3N6S/c1-2-15-10(21)19-8-3-9(17-5-16-8)20-4-7(18-6-20)11(12,13)14/h3-6H,2H2,1H3,(H2,15,16,17,19,21). The quantitative estimate of drug-likeness (QED) is 0.844. The molecule has 0 saturated carbocycles. The van der Waals surface area contributed by atoms with Crippen molar-refractivity contribution in [2.75, 3.05) is 11.9 Å². The molecule has 0 spiro atoms. The number of thiocarbonyl (C=S) groups is 1. The Labute approximate surface area is 123 Å². The van der Waals surface area contributed by atoms with E-state index in [1.165, 1.54) is 12.4 Å². The van der Waals surface area contributed by atoms with E-state index in [2.05, 4.69) is 25.6 Å². The summed E-state index contributed by atoms with van der Waals surface area (Å²) in [6.45, 7) is 2.52. The van der Waals surface area contributed by atoms with E-state index in [4.69, 9.17) is 12.2 Å². The lowest BCUT2D eigenvalue weighted by atomic mass is 10.4. The zero-order chi connectivity index (χ0) is 15.5. The van der Waals surface area contributed by atoms with Crippen LogP contribution in [-0.2, 0) is 6.18 Å². The molecule has 0 fully saturated rings. The Morgan fingerprint density at radius 3 is 2.71 bits per heavy atom. The molecule has 0 unspecified atom stereocenters. The molecule has 2 aromatic rings. The largest absolute Gasteiger partial charge is 0.434 e. The molecular weight excluding hydrogens is 305 g/mol. The summed E-state index contributed by atoms with van der Waals surface area (Å²) in [5.74, 6) is 0.614. The molecule has 0 atom stereocenters. The van der Waals surface area contributed by atoms with Gasteiger partial charge in [0.15, 0.2) is 10.8 Å². The van der Waals surface area contributed by atoms with Crippen LogP contribution in [0.2, 0.25) is 0 Å². The van der Waals surface area contributed by atoms with Gasteiger partial charge in [-0.3, -0.25) is 4.57 Å². The molecule has 10 heteroatoms. The van der Waals surface area contributed by atoms with E-state index in [0.29, 0.717) is 17.5 Å². The Balaban J connectivity index is 2.21. The van der Waals surface area contributed by atoms with Crippen LogP contribution in [0.1, 0.15) is 12.6 Å². The van der Waals surface area contributed by atoms with Gasteiger partial charge >= 0.3 is 6.18 Å². The lowest BCUT2D eigenvalue weighted by molar-refractivity contribution is -0.140. The van der Waals surface area contributed by atoms with Crippen LogP contribution in [-0.4, -0.2) is 31.2 Å². The molecular formula is C11H11F3N6S. The Hall–Kier alpha value is -2.23. The number of anilines is 1. The van der Waals surface area contributed by atoms with Gasteiger partial charge in [-0.25, -0.2) is 15.0 Å². The van der Waals surface area contributed by atoms with Crippen LogP contribution < -0.4 is 10.6 Å².